The van der Waals surface area contributed by atoms with Gasteiger partial charge in [0.15, 0.2) is 11.5 Å². The van der Waals surface area contributed by atoms with Gasteiger partial charge in [0.05, 0.1) is 46.4 Å². The Morgan fingerprint density at radius 3 is 2.18 bits per heavy atom. The molecule has 0 fully saturated rings. The fraction of sp³-hybridized carbons (Fsp3) is 0.188. The number of hydrogen-bond donors (Lipinski definition) is 2. The number of carbonyl (C=O) groups excluding carboxylic acids is 1. The summed E-state index contributed by atoms with van der Waals surface area (Å²) in [7, 11) is 5.67. The van der Waals surface area contributed by atoms with E-state index in [1.807, 2.05) is 0 Å². The average Bonchev–Trinajstić information content (AvgIpc) is 3.06. The zero-order valence-electron chi connectivity index (χ0n) is 24.5. The lowest BCUT2D eigenvalue weighted by Crippen LogP contribution is -2.27. The first kappa shape index (κ1) is 29.9. The molecule has 2 aromatic carbocycles. The van der Waals surface area contributed by atoms with Crippen molar-refractivity contribution in [1.82, 2.24) is 14.5 Å². The molecule has 0 radical (unpaired) electrons. The van der Waals surface area contributed by atoms with Crippen molar-refractivity contribution in [2.24, 2.45) is 0 Å². The van der Waals surface area contributed by atoms with Crippen LogP contribution in [-0.2, 0) is 18.0 Å². The Kier molecular flexibility index (Phi) is 8.63. The van der Waals surface area contributed by atoms with Crippen molar-refractivity contribution in [3.63, 3.8) is 0 Å². The Hall–Kier alpha value is -5.62. The second kappa shape index (κ2) is 12.7. The van der Waals surface area contributed by atoms with E-state index in [0.717, 1.165) is 0 Å². The minimum absolute atomic E-state index is 0.0211. The van der Waals surface area contributed by atoms with E-state index in [4.69, 9.17) is 29.4 Å². The second-order valence-electron chi connectivity index (χ2n) is 9.47. The summed E-state index contributed by atoms with van der Waals surface area (Å²) in [6, 6.07) is 18.3. The number of carbonyl (C=O) groups is 1. The van der Waals surface area contributed by atoms with Crippen LogP contribution in [-0.4, -0.2) is 54.1 Å². The smallest absolute Gasteiger partial charge is 0.355 e. The van der Waals surface area contributed by atoms with Crippen LogP contribution >= 0.6 is 0 Å². The summed E-state index contributed by atoms with van der Waals surface area (Å²) in [5.41, 5.74) is 7.99. The molecule has 44 heavy (non-hydrogen) atoms. The van der Waals surface area contributed by atoms with E-state index >= 15 is 0 Å². The van der Waals surface area contributed by atoms with Crippen molar-refractivity contribution in [3.8, 4) is 39.9 Å². The average molecular weight is 599 g/mol. The van der Waals surface area contributed by atoms with Gasteiger partial charge in [-0.15, -0.1) is 0 Å². The van der Waals surface area contributed by atoms with Gasteiger partial charge in [-0.1, -0.05) is 6.07 Å². The summed E-state index contributed by atoms with van der Waals surface area (Å²) in [4.78, 5) is 36.6. The summed E-state index contributed by atoms with van der Waals surface area (Å²) >= 11 is 0. The maximum Gasteiger partial charge on any atom is 0.355 e. The van der Waals surface area contributed by atoms with E-state index in [-0.39, 0.29) is 30.3 Å². The van der Waals surface area contributed by atoms with E-state index in [2.05, 4.69) is 9.97 Å². The Morgan fingerprint density at radius 1 is 0.886 bits per heavy atom. The van der Waals surface area contributed by atoms with Crippen molar-refractivity contribution in [3.05, 3.63) is 94.2 Å². The third-order valence-corrected chi connectivity index (χ3v) is 6.88. The van der Waals surface area contributed by atoms with Crippen LogP contribution in [0.1, 0.15) is 21.9 Å². The molecule has 0 aliphatic carbocycles. The van der Waals surface area contributed by atoms with Gasteiger partial charge >= 0.3 is 5.97 Å². The number of benzene rings is 2. The minimum atomic E-state index is -0.764. The molecule has 3 N–H and O–H groups in total. The predicted molar refractivity (Wildman–Crippen MR) is 163 cm³/mol. The first-order chi connectivity index (χ1) is 21.3. The van der Waals surface area contributed by atoms with E-state index in [1.54, 1.807) is 66.7 Å². The first-order valence-electron chi connectivity index (χ1n) is 13.4. The maximum atomic E-state index is 14.2. The van der Waals surface area contributed by atoms with Gasteiger partial charge in [0.1, 0.15) is 17.8 Å². The lowest BCUT2D eigenvalue weighted by molar-refractivity contribution is 0.0591. The van der Waals surface area contributed by atoms with Crippen molar-refractivity contribution in [2.45, 2.75) is 13.2 Å². The zero-order valence-corrected chi connectivity index (χ0v) is 24.5. The highest BCUT2D eigenvalue weighted by atomic mass is 16.5. The number of pyridine rings is 3. The topological polar surface area (TPSA) is 157 Å². The molecule has 3 aromatic heterocycles. The van der Waals surface area contributed by atoms with Crippen LogP contribution in [0.15, 0.2) is 71.5 Å². The number of anilines is 1. The van der Waals surface area contributed by atoms with Gasteiger partial charge in [0.25, 0.3) is 5.56 Å². The molecule has 0 atom stereocenters. The van der Waals surface area contributed by atoms with Crippen LogP contribution in [0.3, 0.4) is 0 Å². The highest BCUT2D eigenvalue weighted by Crippen LogP contribution is 2.43. The van der Waals surface area contributed by atoms with Crippen LogP contribution in [0.4, 0.5) is 5.69 Å². The fourth-order valence-electron chi connectivity index (χ4n) is 4.86. The quantitative estimate of drug-likeness (QED) is 0.177. The fourth-order valence-corrected chi connectivity index (χ4v) is 4.86. The first-order valence-corrected chi connectivity index (χ1v) is 13.4. The largest absolute Gasteiger partial charge is 0.493 e. The number of nitrogens with zero attached hydrogens (tertiary/aromatic N) is 3. The molecule has 0 amide bonds. The molecular weight excluding hydrogens is 568 g/mol. The molecule has 0 aliphatic rings. The van der Waals surface area contributed by atoms with Gasteiger partial charge in [-0.05, 0) is 60.2 Å². The number of hydrogen-bond acceptors (Lipinski definition) is 11. The molecule has 0 unspecified atom stereocenters. The van der Waals surface area contributed by atoms with E-state index in [1.165, 1.54) is 33.0 Å². The number of esters is 1. The van der Waals surface area contributed by atoms with Gasteiger partial charge in [-0.25, -0.2) is 9.78 Å². The van der Waals surface area contributed by atoms with E-state index in [0.29, 0.717) is 56.5 Å². The van der Waals surface area contributed by atoms with Gasteiger partial charge in [0, 0.05) is 28.4 Å². The van der Waals surface area contributed by atoms with E-state index < -0.39 is 11.5 Å². The molecule has 226 valence electrons. The molecular formula is C32H30N4O8. The van der Waals surface area contributed by atoms with Gasteiger partial charge in [-0.2, -0.15) is 0 Å². The Labute approximate surface area is 252 Å². The molecule has 0 bridgehead atoms. The monoisotopic (exact) mass is 598 g/mol. The van der Waals surface area contributed by atoms with Gasteiger partial charge in [-0.3, -0.25) is 14.3 Å². The molecule has 12 nitrogen and oxygen atoms in total. The Morgan fingerprint density at radius 2 is 1.57 bits per heavy atom. The number of nitrogens with two attached hydrogens (primary N) is 1. The van der Waals surface area contributed by atoms with Gasteiger partial charge in [0.2, 0.25) is 11.6 Å². The number of fused-ring (bicyclic) bond motifs is 1. The van der Waals surface area contributed by atoms with Crippen molar-refractivity contribution in [1.29, 1.82) is 0 Å². The molecule has 0 spiro atoms. The predicted octanol–water partition coefficient (Wildman–Crippen LogP) is 3.91. The Bertz CT molecular complexity index is 1880. The number of aliphatic hydroxyl groups is 1. The number of rotatable bonds is 10. The second-order valence-corrected chi connectivity index (χ2v) is 9.47. The highest BCUT2D eigenvalue weighted by Gasteiger charge is 2.28. The van der Waals surface area contributed by atoms with Crippen molar-refractivity contribution < 1.29 is 33.6 Å². The molecule has 0 saturated carbocycles. The SMILES string of the molecule is COC(=O)c1c(-c2cc(OC)c(OC)c(OC)c2)c2ccc(OCc3cccc(CO)n3)nc2c(=O)n1-c1ccc(N)cc1. The molecule has 0 aliphatic heterocycles. The summed E-state index contributed by atoms with van der Waals surface area (Å²) in [5, 5.41) is 9.76. The Balaban J connectivity index is 1.81. The molecule has 5 rings (SSSR count). The van der Waals surface area contributed by atoms with Crippen molar-refractivity contribution in [2.75, 3.05) is 34.2 Å². The van der Waals surface area contributed by atoms with Crippen LogP contribution in [0.2, 0.25) is 0 Å². The van der Waals surface area contributed by atoms with Crippen LogP contribution < -0.4 is 30.2 Å². The molecule has 3 heterocycles. The number of aromatic nitrogens is 3. The number of methoxy groups -OCH3 is 4. The summed E-state index contributed by atoms with van der Waals surface area (Å²) in [6.07, 6.45) is 0. The zero-order chi connectivity index (χ0) is 31.4. The minimum Gasteiger partial charge on any atom is -0.493 e. The third-order valence-electron chi connectivity index (χ3n) is 6.88. The molecule has 0 saturated heterocycles. The normalized spacial score (nSPS) is 10.8. The maximum absolute atomic E-state index is 14.2. The van der Waals surface area contributed by atoms with E-state index in [9.17, 15) is 14.7 Å². The lowest BCUT2D eigenvalue weighted by Gasteiger charge is -2.20. The number of ether oxygens (including phenoxy) is 5. The van der Waals surface area contributed by atoms with Crippen molar-refractivity contribution >= 4 is 22.6 Å². The summed E-state index contributed by atoms with van der Waals surface area (Å²) in [6.45, 7) is -0.169. The number of nitrogen functional groups attached to an aromatic ring is 1. The third kappa shape index (κ3) is 5.57. The summed E-state index contributed by atoms with van der Waals surface area (Å²) in [5.74, 6) is 0.404. The van der Waals surface area contributed by atoms with Crippen LogP contribution in [0.5, 0.6) is 23.1 Å². The summed E-state index contributed by atoms with van der Waals surface area (Å²) < 4.78 is 29.0. The standard InChI is InChI=1S/C32H30N4O8/c1-40-24-14-18(15-25(41-2)30(24)42-3)27-23-12-13-26(44-17-21-7-5-6-20(16-37)34-21)35-28(23)31(38)36(29(27)32(39)43-4)22-10-8-19(33)9-11-22/h5-15,37H,16-17,33H2,1-4H3. The molecule has 5 aromatic rings. The van der Waals surface area contributed by atoms with Gasteiger partial charge < -0.3 is 34.5 Å². The lowest BCUT2D eigenvalue weighted by atomic mass is 9.97. The highest BCUT2D eigenvalue weighted by molar-refractivity contribution is 6.06. The molecule has 12 heteroatoms. The van der Waals surface area contributed by atoms with Crippen LogP contribution in [0, 0.1) is 0 Å². The van der Waals surface area contributed by atoms with Crippen LogP contribution in [0.25, 0.3) is 27.7 Å². The number of aliphatic hydroxyl groups excluding tert-OH is 1.